The predicted molar refractivity (Wildman–Crippen MR) is 62.6 cm³/mol. The van der Waals surface area contributed by atoms with Gasteiger partial charge in [0.1, 0.15) is 11.9 Å². The third-order valence-corrected chi connectivity index (χ3v) is 2.67. The number of halogens is 1. The lowest BCUT2D eigenvalue weighted by Crippen LogP contribution is -2.23. The lowest BCUT2D eigenvalue weighted by atomic mass is 10.1. The topological polar surface area (TPSA) is 29.5 Å². The molecular weight excluding hydrogens is 212 g/mol. The fourth-order valence-electron chi connectivity index (χ4n) is 1.56. The molecule has 0 aliphatic rings. The molecule has 0 saturated heterocycles. The molecule has 1 aromatic rings. The van der Waals surface area contributed by atoms with Crippen LogP contribution < -0.4 is 4.74 Å². The van der Waals surface area contributed by atoms with E-state index >= 15 is 0 Å². The van der Waals surface area contributed by atoms with Gasteiger partial charge < -0.3 is 9.84 Å². The Bertz CT molecular complexity index is 324. The molecule has 2 unspecified atom stereocenters. The first-order valence-electron chi connectivity index (χ1n) is 4.98. The molecule has 0 bridgehead atoms. The zero-order valence-electron chi connectivity index (χ0n) is 9.54. The number of aliphatic hydroxyl groups is 1. The maximum absolute atomic E-state index is 9.26. The Hall–Kier alpha value is -0.730. The SMILES string of the molecule is Cc1cc(C)c(OC(Cl)C(C)O)c(C)c1. The van der Waals surface area contributed by atoms with Gasteiger partial charge in [0, 0.05) is 0 Å². The Morgan fingerprint density at radius 1 is 1.20 bits per heavy atom. The summed E-state index contributed by atoms with van der Waals surface area (Å²) < 4.78 is 5.51. The maximum atomic E-state index is 9.26. The van der Waals surface area contributed by atoms with Crippen molar-refractivity contribution in [3.05, 3.63) is 28.8 Å². The molecule has 0 aliphatic heterocycles. The Balaban J connectivity index is 2.95. The van der Waals surface area contributed by atoms with Gasteiger partial charge in [-0.1, -0.05) is 29.3 Å². The first-order valence-corrected chi connectivity index (χ1v) is 5.42. The molecule has 1 aromatic carbocycles. The summed E-state index contributed by atoms with van der Waals surface area (Å²) in [4.78, 5) is 0. The van der Waals surface area contributed by atoms with Gasteiger partial charge in [-0.05, 0) is 38.8 Å². The highest BCUT2D eigenvalue weighted by molar-refractivity contribution is 6.20. The van der Waals surface area contributed by atoms with Crippen LogP contribution in [0.25, 0.3) is 0 Å². The van der Waals surface area contributed by atoms with Crippen LogP contribution >= 0.6 is 11.6 Å². The van der Waals surface area contributed by atoms with Gasteiger partial charge in [0.05, 0.1) is 0 Å². The Labute approximate surface area is 95.8 Å². The molecule has 1 rings (SSSR count). The van der Waals surface area contributed by atoms with Gasteiger partial charge in [-0.2, -0.15) is 0 Å². The monoisotopic (exact) mass is 228 g/mol. The van der Waals surface area contributed by atoms with Crippen molar-refractivity contribution in [3.8, 4) is 5.75 Å². The largest absolute Gasteiger partial charge is 0.471 e. The summed E-state index contributed by atoms with van der Waals surface area (Å²) in [6.45, 7) is 7.59. The number of aliphatic hydroxyl groups excluding tert-OH is 1. The molecule has 0 aliphatic carbocycles. The van der Waals surface area contributed by atoms with Crippen molar-refractivity contribution in [2.75, 3.05) is 0 Å². The van der Waals surface area contributed by atoms with Crippen LogP contribution in [0, 0.1) is 20.8 Å². The zero-order valence-corrected chi connectivity index (χ0v) is 10.3. The fourth-order valence-corrected chi connectivity index (χ4v) is 1.65. The maximum Gasteiger partial charge on any atom is 0.197 e. The number of alkyl halides is 1. The number of rotatable bonds is 3. The predicted octanol–water partition coefficient (Wildman–Crippen LogP) is 2.94. The highest BCUT2D eigenvalue weighted by Crippen LogP contribution is 2.26. The minimum atomic E-state index is -0.704. The van der Waals surface area contributed by atoms with E-state index in [4.69, 9.17) is 16.3 Å². The third kappa shape index (κ3) is 3.11. The second-order valence-electron chi connectivity index (χ2n) is 3.94. The molecule has 0 amide bonds. The summed E-state index contributed by atoms with van der Waals surface area (Å²) in [6.07, 6.45) is -0.688. The van der Waals surface area contributed by atoms with E-state index < -0.39 is 11.7 Å². The Morgan fingerprint density at radius 3 is 2.07 bits per heavy atom. The number of hydrogen-bond acceptors (Lipinski definition) is 2. The molecule has 0 aromatic heterocycles. The molecule has 0 saturated carbocycles. The van der Waals surface area contributed by atoms with E-state index in [9.17, 15) is 5.11 Å². The molecule has 15 heavy (non-hydrogen) atoms. The van der Waals surface area contributed by atoms with Gasteiger partial charge in [0.15, 0.2) is 5.56 Å². The van der Waals surface area contributed by atoms with Crippen LogP contribution in [-0.2, 0) is 0 Å². The Morgan fingerprint density at radius 2 is 1.67 bits per heavy atom. The van der Waals surface area contributed by atoms with Crippen molar-refractivity contribution in [1.82, 2.24) is 0 Å². The quantitative estimate of drug-likeness (QED) is 0.807. The molecular formula is C12H17ClO2. The summed E-state index contributed by atoms with van der Waals surface area (Å²) in [5, 5.41) is 9.26. The van der Waals surface area contributed by atoms with E-state index in [0.717, 1.165) is 16.9 Å². The van der Waals surface area contributed by atoms with Gasteiger partial charge in [-0.25, -0.2) is 0 Å². The zero-order chi connectivity index (χ0) is 11.6. The molecule has 0 spiro atoms. The molecule has 2 nitrogen and oxygen atoms in total. The fraction of sp³-hybridized carbons (Fsp3) is 0.500. The van der Waals surface area contributed by atoms with Crippen molar-refractivity contribution in [3.63, 3.8) is 0 Å². The molecule has 2 atom stereocenters. The van der Waals surface area contributed by atoms with Crippen molar-refractivity contribution in [2.24, 2.45) is 0 Å². The summed E-state index contributed by atoms with van der Waals surface area (Å²) in [6, 6.07) is 4.07. The molecule has 84 valence electrons. The number of ether oxygens (including phenoxy) is 1. The first kappa shape index (κ1) is 12.3. The first-order chi connectivity index (χ1) is 6.91. The molecule has 1 N–H and O–H groups in total. The molecule has 0 radical (unpaired) electrons. The standard InChI is InChI=1S/C12H17ClO2/c1-7-5-8(2)11(9(3)6-7)15-12(13)10(4)14/h5-6,10,12,14H,1-4H3. The minimum absolute atomic E-state index is 0.688. The van der Waals surface area contributed by atoms with Crippen molar-refractivity contribution < 1.29 is 9.84 Å². The lowest BCUT2D eigenvalue weighted by molar-refractivity contribution is 0.0963. The van der Waals surface area contributed by atoms with E-state index in [-0.39, 0.29) is 0 Å². The summed E-state index contributed by atoms with van der Waals surface area (Å²) in [5.74, 6) is 0.765. The summed E-state index contributed by atoms with van der Waals surface area (Å²) in [5.41, 5.74) is 2.57. The van der Waals surface area contributed by atoms with E-state index in [1.807, 2.05) is 32.9 Å². The number of aryl methyl sites for hydroxylation is 3. The molecule has 3 heteroatoms. The normalized spacial score (nSPS) is 14.8. The second kappa shape index (κ2) is 4.86. The van der Waals surface area contributed by atoms with Crippen LogP contribution in [0.15, 0.2) is 12.1 Å². The van der Waals surface area contributed by atoms with Crippen LogP contribution in [-0.4, -0.2) is 16.8 Å². The summed E-state index contributed by atoms with van der Waals surface area (Å²) >= 11 is 5.86. The van der Waals surface area contributed by atoms with Crippen molar-refractivity contribution in [1.29, 1.82) is 0 Å². The van der Waals surface area contributed by atoms with Gasteiger partial charge in [-0.15, -0.1) is 0 Å². The van der Waals surface area contributed by atoms with E-state index in [1.165, 1.54) is 5.56 Å². The van der Waals surface area contributed by atoms with Gasteiger partial charge >= 0.3 is 0 Å². The van der Waals surface area contributed by atoms with E-state index in [2.05, 4.69) is 0 Å². The highest BCUT2D eigenvalue weighted by atomic mass is 35.5. The van der Waals surface area contributed by atoms with E-state index in [0.29, 0.717) is 0 Å². The van der Waals surface area contributed by atoms with Crippen LogP contribution in [0.1, 0.15) is 23.6 Å². The lowest BCUT2D eigenvalue weighted by Gasteiger charge is -2.19. The second-order valence-corrected chi connectivity index (χ2v) is 4.37. The average molecular weight is 229 g/mol. The van der Waals surface area contributed by atoms with Crippen LogP contribution in [0.5, 0.6) is 5.75 Å². The number of benzene rings is 1. The summed E-state index contributed by atoms with van der Waals surface area (Å²) in [7, 11) is 0. The molecule has 0 heterocycles. The average Bonchev–Trinajstić information content (AvgIpc) is 2.10. The van der Waals surface area contributed by atoms with E-state index in [1.54, 1.807) is 6.92 Å². The third-order valence-electron chi connectivity index (χ3n) is 2.21. The Kier molecular flexibility index (Phi) is 4.00. The number of hydrogen-bond donors (Lipinski definition) is 1. The van der Waals surface area contributed by atoms with Gasteiger partial charge in [-0.3, -0.25) is 0 Å². The smallest absolute Gasteiger partial charge is 0.197 e. The van der Waals surface area contributed by atoms with Crippen molar-refractivity contribution >= 4 is 11.6 Å². The van der Waals surface area contributed by atoms with Gasteiger partial charge in [0.2, 0.25) is 0 Å². The molecule has 0 fully saturated rings. The van der Waals surface area contributed by atoms with Crippen LogP contribution in [0.2, 0.25) is 0 Å². The van der Waals surface area contributed by atoms with Crippen LogP contribution in [0.3, 0.4) is 0 Å². The highest BCUT2D eigenvalue weighted by Gasteiger charge is 2.15. The van der Waals surface area contributed by atoms with Gasteiger partial charge in [0.25, 0.3) is 0 Å². The van der Waals surface area contributed by atoms with Crippen molar-refractivity contribution in [2.45, 2.75) is 39.4 Å². The van der Waals surface area contributed by atoms with Crippen LogP contribution in [0.4, 0.5) is 0 Å². The minimum Gasteiger partial charge on any atom is -0.471 e.